The minimum atomic E-state index is -1.21. The number of thioether (sulfide) groups is 1. The van der Waals surface area contributed by atoms with Crippen molar-refractivity contribution in [1.29, 1.82) is 0 Å². The van der Waals surface area contributed by atoms with Crippen molar-refractivity contribution in [3.05, 3.63) is 22.4 Å². The molecule has 0 aromatic carbocycles. The van der Waals surface area contributed by atoms with Crippen LogP contribution in [0, 0.1) is 0 Å². The van der Waals surface area contributed by atoms with Gasteiger partial charge in [0.05, 0.1) is 0 Å². The maximum absolute atomic E-state index is 10.3. The van der Waals surface area contributed by atoms with Crippen molar-refractivity contribution in [2.24, 2.45) is 0 Å². The van der Waals surface area contributed by atoms with Gasteiger partial charge in [-0.1, -0.05) is 6.07 Å². The molecular formula is C10H14O3S2. The number of aryl methyl sites for hydroxylation is 1. The second-order valence-electron chi connectivity index (χ2n) is 3.08. The molecule has 1 rings (SSSR count). The third kappa shape index (κ3) is 5.20. The Morgan fingerprint density at radius 2 is 2.33 bits per heavy atom. The van der Waals surface area contributed by atoms with Gasteiger partial charge < -0.3 is 10.2 Å². The van der Waals surface area contributed by atoms with Gasteiger partial charge in [0.15, 0.2) is 6.10 Å². The fourth-order valence-electron chi connectivity index (χ4n) is 1.05. The fraction of sp³-hybridized carbons (Fsp3) is 0.500. The maximum Gasteiger partial charge on any atom is 0.332 e. The lowest BCUT2D eigenvalue weighted by atomic mass is 10.3. The number of aliphatic hydroxyl groups excluding tert-OH is 1. The Labute approximate surface area is 97.1 Å². The van der Waals surface area contributed by atoms with Gasteiger partial charge in [-0.3, -0.25) is 0 Å². The highest BCUT2D eigenvalue weighted by Gasteiger charge is 2.11. The molecule has 15 heavy (non-hydrogen) atoms. The molecule has 0 aliphatic heterocycles. The van der Waals surface area contributed by atoms with E-state index >= 15 is 0 Å². The van der Waals surface area contributed by atoms with Gasteiger partial charge in [0.2, 0.25) is 0 Å². The van der Waals surface area contributed by atoms with Crippen molar-refractivity contribution < 1.29 is 15.0 Å². The molecule has 0 radical (unpaired) electrons. The summed E-state index contributed by atoms with van der Waals surface area (Å²) in [6, 6.07) is 4.12. The predicted molar refractivity (Wildman–Crippen MR) is 63.6 cm³/mol. The van der Waals surface area contributed by atoms with Gasteiger partial charge in [0.1, 0.15) is 0 Å². The van der Waals surface area contributed by atoms with E-state index in [1.807, 2.05) is 11.4 Å². The van der Waals surface area contributed by atoms with Gasteiger partial charge in [0.25, 0.3) is 0 Å². The maximum atomic E-state index is 10.3. The normalized spacial score (nSPS) is 12.6. The van der Waals surface area contributed by atoms with Crippen molar-refractivity contribution >= 4 is 29.1 Å². The number of carbonyl (C=O) groups is 1. The number of aliphatic hydroxyl groups is 1. The third-order valence-corrected chi connectivity index (χ3v) is 3.85. The number of rotatable bonds is 7. The number of carboxylic acid groups (broad SMARTS) is 1. The van der Waals surface area contributed by atoms with Crippen LogP contribution in [0.5, 0.6) is 0 Å². The molecule has 1 heterocycles. The molecule has 1 aromatic rings. The average Bonchev–Trinajstić information content (AvgIpc) is 2.69. The van der Waals surface area contributed by atoms with E-state index in [1.54, 1.807) is 23.1 Å². The predicted octanol–water partition coefficient (Wildman–Crippen LogP) is 1.86. The summed E-state index contributed by atoms with van der Waals surface area (Å²) in [5, 5.41) is 19.5. The molecule has 0 aliphatic carbocycles. The Balaban J connectivity index is 2.00. The molecule has 0 fully saturated rings. The molecule has 0 amide bonds. The number of thiophene rings is 1. The Bertz CT molecular complexity index is 285. The van der Waals surface area contributed by atoms with Crippen LogP contribution in [0.25, 0.3) is 0 Å². The minimum Gasteiger partial charge on any atom is -0.479 e. The van der Waals surface area contributed by atoms with Crippen molar-refractivity contribution in [2.45, 2.75) is 18.9 Å². The number of carboxylic acids is 1. The molecule has 3 nitrogen and oxygen atoms in total. The lowest BCUT2D eigenvalue weighted by Crippen LogP contribution is -2.19. The van der Waals surface area contributed by atoms with Gasteiger partial charge in [-0.25, -0.2) is 4.79 Å². The van der Waals surface area contributed by atoms with Gasteiger partial charge in [-0.2, -0.15) is 11.8 Å². The number of aliphatic carboxylic acids is 1. The first-order valence-electron chi connectivity index (χ1n) is 4.71. The van der Waals surface area contributed by atoms with Gasteiger partial charge >= 0.3 is 5.97 Å². The first-order valence-corrected chi connectivity index (χ1v) is 6.74. The van der Waals surface area contributed by atoms with Crippen molar-refractivity contribution in [3.8, 4) is 0 Å². The monoisotopic (exact) mass is 246 g/mol. The van der Waals surface area contributed by atoms with Crippen LogP contribution >= 0.6 is 23.1 Å². The summed E-state index contributed by atoms with van der Waals surface area (Å²) in [5.41, 5.74) is 0. The van der Waals surface area contributed by atoms with Crippen LogP contribution in [0.3, 0.4) is 0 Å². The zero-order chi connectivity index (χ0) is 11.1. The van der Waals surface area contributed by atoms with Crippen LogP contribution < -0.4 is 0 Å². The van der Waals surface area contributed by atoms with Crippen molar-refractivity contribution in [2.75, 3.05) is 11.5 Å². The average molecular weight is 246 g/mol. The zero-order valence-corrected chi connectivity index (χ0v) is 9.89. The van der Waals surface area contributed by atoms with E-state index < -0.39 is 12.1 Å². The Hall–Kier alpha value is -0.520. The summed E-state index contributed by atoms with van der Waals surface area (Å²) in [5.74, 6) is 0.542. The van der Waals surface area contributed by atoms with E-state index in [2.05, 4.69) is 6.07 Å². The summed E-state index contributed by atoms with van der Waals surface area (Å²) in [4.78, 5) is 11.6. The smallest absolute Gasteiger partial charge is 0.332 e. The summed E-state index contributed by atoms with van der Waals surface area (Å²) >= 11 is 3.42. The zero-order valence-electron chi connectivity index (χ0n) is 8.26. The Kier molecular flexibility index (Phi) is 5.75. The summed E-state index contributed by atoms with van der Waals surface area (Å²) in [7, 11) is 0. The van der Waals surface area contributed by atoms with E-state index in [0.29, 0.717) is 12.2 Å². The van der Waals surface area contributed by atoms with Crippen LogP contribution in [0.1, 0.15) is 11.3 Å². The highest BCUT2D eigenvalue weighted by Crippen LogP contribution is 2.13. The molecule has 1 atom stereocenters. The largest absolute Gasteiger partial charge is 0.479 e. The lowest BCUT2D eigenvalue weighted by Gasteiger charge is -2.04. The number of hydrogen-bond acceptors (Lipinski definition) is 4. The molecule has 5 heteroatoms. The van der Waals surface area contributed by atoms with Gasteiger partial charge in [-0.15, -0.1) is 11.3 Å². The van der Waals surface area contributed by atoms with E-state index in [-0.39, 0.29) is 0 Å². The topological polar surface area (TPSA) is 57.5 Å². The quantitative estimate of drug-likeness (QED) is 0.721. The molecule has 1 unspecified atom stereocenters. The fourth-order valence-corrected chi connectivity index (χ4v) is 2.84. The lowest BCUT2D eigenvalue weighted by molar-refractivity contribution is -0.146. The number of hydrogen-bond donors (Lipinski definition) is 2. The van der Waals surface area contributed by atoms with E-state index in [9.17, 15) is 4.79 Å². The second kappa shape index (κ2) is 6.87. The molecule has 0 aliphatic rings. The first kappa shape index (κ1) is 12.5. The van der Waals surface area contributed by atoms with Crippen LogP contribution in [0.15, 0.2) is 17.5 Å². The van der Waals surface area contributed by atoms with Crippen molar-refractivity contribution in [1.82, 2.24) is 0 Å². The minimum absolute atomic E-state index is 0.324. The van der Waals surface area contributed by atoms with Gasteiger partial charge in [0, 0.05) is 4.88 Å². The molecule has 0 saturated heterocycles. The summed E-state index contributed by atoms with van der Waals surface area (Å²) < 4.78 is 0. The molecule has 84 valence electrons. The standard InChI is InChI=1S/C10H14O3S2/c11-9(10(12)13)4-7-14-6-3-8-2-1-5-15-8/h1-2,5,9,11H,3-4,6-7H2,(H,12,13). The highest BCUT2D eigenvalue weighted by atomic mass is 32.2. The van der Waals surface area contributed by atoms with E-state index in [1.165, 1.54) is 4.88 Å². The summed E-state index contributed by atoms with van der Waals surface area (Å²) in [6.07, 6.45) is 0.134. The molecule has 0 saturated carbocycles. The van der Waals surface area contributed by atoms with Crippen LogP contribution in [0.4, 0.5) is 0 Å². The molecule has 2 N–H and O–H groups in total. The van der Waals surface area contributed by atoms with Crippen LogP contribution in [-0.4, -0.2) is 33.8 Å². The second-order valence-corrected chi connectivity index (χ2v) is 5.34. The van der Waals surface area contributed by atoms with E-state index in [4.69, 9.17) is 10.2 Å². The highest BCUT2D eigenvalue weighted by molar-refractivity contribution is 7.99. The summed E-state index contributed by atoms with van der Waals surface area (Å²) in [6.45, 7) is 0. The molecular weight excluding hydrogens is 232 g/mol. The Morgan fingerprint density at radius 1 is 1.53 bits per heavy atom. The SMILES string of the molecule is O=C(O)C(O)CCSCCc1cccs1. The van der Waals surface area contributed by atoms with Crippen LogP contribution in [0.2, 0.25) is 0 Å². The van der Waals surface area contributed by atoms with Crippen molar-refractivity contribution in [3.63, 3.8) is 0 Å². The first-order chi connectivity index (χ1) is 7.20. The molecule has 0 bridgehead atoms. The third-order valence-electron chi connectivity index (χ3n) is 1.89. The van der Waals surface area contributed by atoms with Gasteiger partial charge in [-0.05, 0) is 35.8 Å². The molecule has 1 aromatic heterocycles. The molecule has 0 spiro atoms. The Morgan fingerprint density at radius 3 is 2.93 bits per heavy atom. The van der Waals surface area contributed by atoms with E-state index in [0.717, 1.165) is 12.2 Å². The van der Waals surface area contributed by atoms with Crippen LogP contribution in [-0.2, 0) is 11.2 Å².